The molecule has 1 aromatic rings. The van der Waals surface area contributed by atoms with E-state index in [1.54, 1.807) is 6.92 Å². The van der Waals surface area contributed by atoms with Crippen molar-refractivity contribution in [1.82, 2.24) is 5.32 Å². The Morgan fingerprint density at radius 2 is 2.14 bits per heavy atom. The SMILES string of the molecule is C[C@H](O)CN[C@@H](C)c1cccc(Cl)c1. The van der Waals surface area contributed by atoms with Crippen LogP contribution in [0.15, 0.2) is 24.3 Å². The fourth-order valence-electron chi connectivity index (χ4n) is 1.24. The van der Waals surface area contributed by atoms with E-state index in [9.17, 15) is 0 Å². The molecule has 0 radical (unpaired) electrons. The molecule has 0 saturated carbocycles. The molecule has 0 aliphatic heterocycles. The van der Waals surface area contributed by atoms with Gasteiger partial charge in [-0.25, -0.2) is 0 Å². The number of rotatable bonds is 4. The van der Waals surface area contributed by atoms with E-state index in [4.69, 9.17) is 16.7 Å². The summed E-state index contributed by atoms with van der Waals surface area (Å²) < 4.78 is 0. The molecule has 0 aliphatic carbocycles. The summed E-state index contributed by atoms with van der Waals surface area (Å²) in [6.07, 6.45) is -0.323. The van der Waals surface area contributed by atoms with E-state index in [0.29, 0.717) is 6.54 Å². The fraction of sp³-hybridized carbons (Fsp3) is 0.455. The minimum Gasteiger partial charge on any atom is -0.392 e. The molecule has 1 rings (SSSR count). The molecule has 0 saturated heterocycles. The zero-order valence-electron chi connectivity index (χ0n) is 8.50. The number of hydrogen-bond acceptors (Lipinski definition) is 2. The maximum absolute atomic E-state index is 9.11. The summed E-state index contributed by atoms with van der Waals surface area (Å²) in [4.78, 5) is 0. The van der Waals surface area contributed by atoms with Crippen LogP contribution in [0.5, 0.6) is 0 Å². The molecule has 78 valence electrons. The van der Waals surface area contributed by atoms with Crippen LogP contribution in [-0.2, 0) is 0 Å². The maximum Gasteiger partial charge on any atom is 0.0636 e. The first-order chi connectivity index (χ1) is 6.59. The minimum absolute atomic E-state index is 0.211. The highest BCUT2D eigenvalue weighted by Gasteiger charge is 2.05. The largest absolute Gasteiger partial charge is 0.392 e. The second-order valence-electron chi connectivity index (χ2n) is 3.53. The first-order valence-electron chi connectivity index (χ1n) is 4.76. The lowest BCUT2D eigenvalue weighted by atomic mass is 10.1. The molecule has 0 aromatic heterocycles. The van der Waals surface area contributed by atoms with Crippen molar-refractivity contribution in [2.75, 3.05) is 6.54 Å². The average Bonchev–Trinajstić information content (AvgIpc) is 2.14. The van der Waals surface area contributed by atoms with Crippen molar-refractivity contribution in [3.63, 3.8) is 0 Å². The van der Waals surface area contributed by atoms with Crippen molar-refractivity contribution in [3.05, 3.63) is 34.9 Å². The highest BCUT2D eigenvalue weighted by Crippen LogP contribution is 2.16. The van der Waals surface area contributed by atoms with Gasteiger partial charge in [-0.3, -0.25) is 0 Å². The lowest BCUT2D eigenvalue weighted by Gasteiger charge is -2.15. The summed E-state index contributed by atoms with van der Waals surface area (Å²) in [5.74, 6) is 0. The van der Waals surface area contributed by atoms with Crippen LogP contribution in [0.25, 0.3) is 0 Å². The molecule has 0 aliphatic rings. The summed E-state index contributed by atoms with van der Waals surface area (Å²) in [5.41, 5.74) is 1.14. The Morgan fingerprint density at radius 3 is 2.71 bits per heavy atom. The number of benzene rings is 1. The molecule has 0 unspecified atom stereocenters. The Labute approximate surface area is 89.9 Å². The van der Waals surface area contributed by atoms with Crippen molar-refractivity contribution in [1.29, 1.82) is 0 Å². The van der Waals surface area contributed by atoms with E-state index < -0.39 is 0 Å². The Kier molecular flexibility index (Phi) is 4.39. The van der Waals surface area contributed by atoms with Crippen LogP contribution < -0.4 is 5.32 Å². The maximum atomic E-state index is 9.11. The Morgan fingerprint density at radius 1 is 1.43 bits per heavy atom. The minimum atomic E-state index is -0.323. The molecule has 2 N–H and O–H groups in total. The van der Waals surface area contributed by atoms with Gasteiger partial charge in [-0.15, -0.1) is 0 Å². The Bertz CT molecular complexity index is 288. The third kappa shape index (κ3) is 3.66. The number of halogens is 1. The van der Waals surface area contributed by atoms with Crippen LogP contribution in [0.1, 0.15) is 25.5 Å². The van der Waals surface area contributed by atoms with Crippen LogP contribution in [0.4, 0.5) is 0 Å². The van der Waals surface area contributed by atoms with Gasteiger partial charge in [0.2, 0.25) is 0 Å². The highest BCUT2D eigenvalue weighted by atomic mass is 35.5. The van der Waals surface area contributed by atoms with Crippen molar-refractivity contribution in [2.24, 2.45) is 0 Å². The summed E-state index contributed by atoms with van der Waals surface area (Å²) in [5, 5.41) is 13.1. The molecular weight excluding hydrogens is 198 g/mol. The molecule has 14 heavy (non-hydrogen) atoms. The van der Waals surface area contributed by atoms with Crippen molar-refractivity contribution in [3.8, 4) is 0 Å². The van der Waals surface area contributed by atoms with Crippen LogP contribution in [-0.4, -0.2) is 17.8 Å². The van der Waals surface area contributed by atoms with Gasteiger partial charge in [0.15, 0.2) is 0 Å². The van der Waals surface area contributed by atoms with Crippen molar-refractivity contribution in [2.45, 2.75) is 26.0 Å². The van der Waals surface area contributed by atoms with Gasteiger partial charge in [0.05, 0.1) is 6.10 Å². The molecule has 0 heterocycles. The van der Waals surface area contributed by atoms with Gasteiger partial charge in [0, 0.05) is 17.6 Å². The zero-order chi connectivity index (χ0) is 10.6. The van der Waals surface area contributed by atoms with Crippen LogP contribution in [0.2, 0.25) is 5.02 Å². The normalized spacial score (nSPS) is 15.1. The van der Waals surface area contributed by atoms with Crippen LogP contribution in [0.3, 0.4) is 0 Å². The predicted molar refractivity (Wildman–Crippen MR) is 59.6 cm³/mol. The van der Waals surface area contributed by atoms with Crippen LogP contribution in [0, 0.1) is 0 Å². The second kappa shape index (κ2) is 5.35. The standard InChI is InChI=1S/C11H16ClNO/c1-8(14)7-13-9(2)10-4-3-5-11(12)6-10/h3-6,8-9,13-14H,7H2,1-2H3/t8-,9-/m0/s1. The molecule has 0 bridgehead atoms. The topological polar surface area (TPSA) is 32.3 Å². The van der Waals surface area contributed by atoms with Crippen LogP contribution >= 0.6 is 11.6 Å². The third-order valence-electron chi connectivity index (χ3n) is 2.07. The first kappa shape index (κ1) is 11.5. The molecule has 1 aromatic carbocycles. The van der Waals surface area contributed by atoms with Gasteiger partial charge in [0.1, 0.15) is 0 Å². The third-order valence-corrected chi connectivity index (χ3v) is 2.30. The Balaban J connectivity index is 2.56. The van der Waals surface area contributed by atoms with Gasteiger partial charge < -0.3 is 10.4 Å². The number of nitrogens with one attached hydrogen (secondary N) is 1. The van der Waals surface area contributed by atoms with E-state index in [-0.39, 0.29) is 12.1 Å². The van der Waals surface area contributed by atoms with E-state index in [1.165, 1.54) is 0 Å². The van der Waals surface area contributed by atoms with Crippen molar-refractivity contribution >= 4 is 11.6 Å². The molecule has 3 heteroatoms. The molecule has 2 nitrogen and oxygen atoms in total. The first-order valence-corrected chi connectivity index (χ1v) is 5.14. The lowest BCUT2D eigenvalue weighted by molar-refractivity contribution is 0.187. The summed E-state index contributed by atoms with van der Waals surface area (Å²) in [7, 11) is 0. The molecule has 0 fully saturated rings. The van der Waals surface area contributed by atoms with E-state index in [0.717, 1.165) is 10.6 Å². The summed E-state index contributed by atoms with van der Waals surface area (Å²) >= 11 is 5.87. The molecule has 0 amide bonds. The number of aliphatic hydroxyl groups is 1. The monoisotopic (exact) mass is 213 g/mol. The van der Waals surface area contributed by atoms with Gasteiger partial charge in [-0.1, -0.05) is 23.7 Å². The summed E-state index contributed by atoms with van der Waals surface area (Å²) in [6.45, 7) is 4.40. The fourth-order valence-corrected chi connectivity index (χ4v) is 1.44. The van der Waals surface area contributed by atoms with Crippen molar-refractivity contribution < 1.29 is 5.11 Å². The molecule has 0 spiro atoms. The quantitative estimate of drug-likeness (QED) is 0.805. The number of hydrogen-bond donors (Lipinski definition) is 2. The number of aliphatic hydroxyl groups excluding tert-OH is 1. The van der Waals surface area contributed by atoms with E-state index in [2.05, 4.69) is 5.32 Å². The predicted octanol–water partition coefficient (Wildman–Crippen LogP) is 2.37. The van der Waals surface area contributed by atoms with Gasteiger partial charge >= 0.3 is 0 Å². The van der Waals surface area contributed by atoms with Gasteiger partial charge in [0.25, 0.3) is 0 Å². The van der Waals surface area contributed by atoms with Gasteiger partial charge in [-0.05, 0) is 31.5 Å². The van der Waals surface area contributed by atoms with Gasteiger partial charge in [-0.2, -0.15) is 0 Å². The second-order valence-corrected chi connectivity index (χ2v) is 3.97. The lowest BCUT2D eigenvalue weighted by Crippen LogP contribution is -2.27. The highest BCUT2D eigenvalue weighted by molar-refractivity contribution is 6.30. The van der Waals surface area contributed by atoms with E-state index in [1.807, 2.05) is 31.2 Å². The average molecular weight is 214 g/mol. The molecule has 2 atom stereocenters. The Hall–Kier alpha value is -0.570. The zero-order valence-corrected chi connectivity index (χ0v) is 9.25. The molecular formula is C11H16ClNO. The van der Waals surface area contributed by atoms with E-state index >= 15 is 0 Å². The smallest absolute Gasteiger partial charge is 0.0636 e. The summed E-state index contributed by atoms with van der Waals surface area (Å²) in [6, 6.07) is 7.95.